The maximum Gasteiger partial charge on any atom is 0.163 e. The van der Waals surface area contributed by atoms with Crippen LogP contribution in [-0.4, -0.2) is 15.9 Å². The number of hydrogen-bond donors (Lipinski definition) is 1. The second-order valence-corrected chi connectivity index (χ2v) is 7.42. The summed E-state index contributed by atoms with van der Waals surface area (Å²) in [6.45, 7) is 1.04. The maximum absolute atomic E-state index is 12.3. The van der Waals surface area contributed by atoms with E-state index in [9.17, 15) is 24.3 Å². The average Bonchev–Trinajstić information content (AvgIpc) is 2.54. The van der Waals surface area contributed by atoms with Gasteiger partial charge in [-0.25, -0.2) is 0 Å². The molecule has 0 saturated carbocycles. The van der Waals surface area contributed by atoms with Gasteiger partial charge in [0, 0.05) is 33.8 Å². The molecule has 0 unspecified atom stereocenters. The van der Waals surface area contributed by atoms with Gasteiger partial charge in [0.05, 0.1) is 20.1 Å². The monoisotopic (exact) mass is 427 g/mol. The Balaban J connectivity index is 2.16. The number of aryl methyl sites for hydroxylation is 1. The Kier molecular flexibility index (Phi) is 6.48. The average molecular weight is 428 g/mol. The minimum absolute atomic E-state index is 0.0953. The van der Waals surface area contributed by atoms with Crippen molar-refractivity contribution in [2.45, 2.75) is 26.4 Å². The summed E-state index contributed by atoms with van der Waals surface area (Å²) >= 11 is 3.29. The normalized spacial score (nSPS) is 11.5. The minimum Gasteiger partial charge on any atom is -0.790 e. The van der Waals surface area contributed by atoms with Crippen LogP contribution in [0.25, 0.3) is 0 Å². The van der Waals surface area contributed by atoms with Gasteiger partial charge in [0.1, 0.15) is 5.75 Å². The number of halogens is 1. The number of carbonyl (C=O) groups excluding carboxylic acids is 1. The summed E-state index contributed by atoms with van der Waals surface area (Å²) in [6.07, 6.45) is 1.58. The highest BCUT2D eigenvalue weighted by Crippen LogP contribution is 2.31. The molecule has 0 aliphatic heterocycles. The van der Waals surface area contributed by atoms with E-state index in [-0.39, 0.29) is 29.9 Å². The molecule has 1 N–H and O–H groups in total. The first-order valence-electron chi connectivity index (χ1n) is 7.29. The van der Waals surface area contributed by atoms with Crippen LogP contribution in [0.5, 0.6) is 5.75 Å². The number of phosphoric acid groups is 1. The number of benzene rings is 1. The molecule has 0 saturated heterocycles. The van der Waals surface area contributed by atoms with E-state index < -0.39 is 14.4 Å². The molecule has 0 atom stereocenters. The van der Waals surface area contributed by atoms with E-state index >= 15 is 0 Å². The summed E-state index contributed by atoms with van der Waals surface area (Å²) in [6, 6.07) is 6.86. The van der Waals surface area contributed by atoms with Gasteiger partial charge >= 0.3 is 0 Å². The van der Waals surface area contributed by atoms with E-state index in [1.165, 1.54) is 6.20 Å². The number of Topliss-reactive ketones (excluding diaryl/α,β-unsaturated/α-hetero) is 1. The Bertz CT molecular complexity index is 818. The van der Waals surface area contributed by atoms with Crippen LogP contribution < -0.4 is 9.79 Å². The highest BCUT2D eigenvalue weighted by molar-refractivity contribution is 9.10. The van der Waals surface area contributed by atoms with E-state index in [4.69, 9.17) is 0 Å². The SMILES string of the molecule is Cc1ncc(COP(=O)([O-])[O-])c(CCC(=O)c2ccc(Br)cc2)c1O. The molecule has 2 rings (SSSR count). The number of aromatic hydroxyl groups is 1. The number of ketones is 1. The summed E-state index contributed by atoms with van der Waals surface area (Å²) in [4.78, 5) is 37.5. The Hall–Kier alpha value is -1.57. The number of phosphoric ester groups is 1. The van der Waals surface area contributed by atoms with Crippen molar-refractivity contribution in [3.63, 3.8) is 0 Å². The Labute approximate surface area is 153 Å². The quantitative estimate of drug-likeness (QED) is 0.529. The summed E-state index contributed by atoms with van der Waals surface area (Å²) in [5, 5.41) is 10.2. The highest BCUT2D eigenvalue weighted by atomic mass is 79.9. The van der Waals surface area contributed by atoms with Crippen LogP contribution in [0.2, 0.25) is 0 Å². The van der Waals surface area contributed by atoms with Gasteiger partial charge in [-0.05, 0) is 25.5 Å². The van der Waals surface area contributed by atoms with Crippen molar-refractivity contribution in [3.8, 4) is 5.75 Å². The molecule has 0 bridgehead atoms. The Morgan fingerprint density at radius 3 is 2.56 bits per heavy atom. The number of carbonyl (C=O) groups is 1. The zero-order valence-electron chi connectivity index (χ0n) is 13.3. The summed E-state index contributed by atoms with van der Waals surface area (Å²) < 4.78 is 15.8. The van der Waals surface area contributed by atoms with Crippen molar-refractivity contribution in [3.05, 3.63) is 57.3 Å². The van der Waals surface area contributed by atoms with Crippen molar-refractivity contribution in [2.75, 3.05) is 0 Å². The largest absolute Gasteiger partial charge is 0.790 e. The van der Waals surface area contributed by atoms with Gasteiger partial charge in [0.2, 0.25) is 0 Å². The number of rotatable bonds is 7. The van der Waals surface area contributed by atoms with E-state index in [1.807, 2.05) is 0 Å². The lowest BCUT2D eigenvalue weighted by molar-refractivity contribution is -0.342. The molecule has 1 aromatic heterocycles. The van der Waals surface area contributed by atoms with Crippen LogP contribution in [-0.2, 0) is 22.1 Å². The lowest BCUT2D eigenvalue weighted by atomic mass is 9.99. The molecule has 0 radical (unpaired) electrons. The minimum atomic E-state index is -5.15. The molecule has 25 heavy (non-hydrogen) atoms. The van der Waals surface area contributed by atoms with Gasteiger partial charge in [-0.1, -0.05) is 28.1 Å². The van der Waals surface area contributed by atoms with Gasteiger partial charge in [0.15, 0.2) is 5.78 Å². The van der Waals surface area contributed by atoms with Crippen LogP contribution in [0.15, 0.2) is 34.9 Å². The zero-order valence-corrected chi connectivity index (χ0v) is 15.7. The zero-order chi connectivity index (χ0) is 18.6. The molecule has 7 nitrogen and oxygen atoms in total. The topological polar surface area (TPSA) is 123 Å². The third kappa shape index (κ3) is 5.73. The number of aromatic nitrogens is 1. The summed E-state index contributed by atoms with van der Waals surface area (Å²) in [5.41, 5.74) is 1.45. The molecule has 0 aliphatic rings. The van der Waals surface area contributed by atoms with E-state index in [2.05, 4.69) is 25.4 Å². The first kappa shape index (κ1) is 19.8. The second kappa shape index (κ2) is 8.21. The van der Waals surface area contributed by atoms with Gasteiger partial charge in [-0.2, -0.15) is 0 Å². The summed E-state index contributed by atoms with van der Waals surface area (Å²) in [7, 11) is -5.15. The van der Waals surface area contributed by atoms with Gasteiger partial charge < -0.3 is 24.0 Å². The summed E-state index contributed by atoms with van der Waals surface area (Å²) in [5.74, 6) is -0.275. The standard InChI is InChI=1S/C16H17BrNO6P/c1-10-16(20)14(12(8-18-10)9-24-25(21,22)23)6-7-15(19)11-2-4-13(17)5-3-11/h2-5,8,20H,6-7,9H2,1H3,(H2,21,22,23)/p-2. The van der Waals surface area contributed by atoms with Gasteiger partial charge in [-0.3, -0.25) is 9.78 Å². The lowest BCUT2D eigenvalue weighted by Gasteiger charge is -2.29. The molecular formula is C16H15BrNO6P-2. The molecule has 9 heteroatoms. The van der Waals surface area contributed by atoms with E-state index in [0.717, 1.165) is 4.47 Å². The van der Waals surface area contributed by atoms with Crippen molar-refractivity contribution in [2.24, 2.45) is 0 Å². The van der Waals surface area contributed by atoms with Gasteiger partial charge in [-0.15, -0.1) is 0 Å². The van der Waals surface area contributed by atoms with Gasteiger partial charge in [0.25, 0.3) is 0 Å². The van der Waals surface area contributed by atoms with E-state index in [1.54, 1.807) is 31.2 Å². The van der Waals surface area contributed by atoms with Crippen molar-refractivity contribution in [1.82, 2.24) is 4.98 Å². The third-order valence-electron chi connectivity index (χ3n) is 3.58. The molecule has 1 aromatic carbocycles. The van der Waals surface area contributed by atoms with Crippen molar-refractivity contribution >= 4 is 29.5 Å². The fourth-order valence-corrected chi connectivity index (χ4v) is 2.82. The van der Waals surface area contributed by atoms with Crippen LogP contribution >= 0.6 is 23.8 Å². The Morgan fingerprint density at radius 2 is 1.96 bits per heavy atom. The Morgan fingerprint density at radius 1 is 1.32 bits per heavy atom. The number of hydrogen-bond acceptors (Lipinski definition) is 7. The highest BCUT2D eigenvalue weighted by Gasteiger charge is 2.15. The van der Waals surface area contributed by atoms with Crippen LogP contribution in [0.1, 0.15) is 33.6 Å². The number of pyridine rings is 1. The van der Waals surface area contributed by atoms with Crippen LogP contribution in [0.3, 0.4) is 0 Å². The molecule has 2 aromatic rings. The van der Waals surface area contributed by atoms with Crippen LogP contribution in [0.4, 0.5) is 0 Å². The fourth-order valence-electron chi connectivity index (χ4n) is 2.25. The predicted molar refractivity (Wildman–Crippen MR) is 89.8 cm³/mol. The maximum atomic E-state index is 12.3. The molecule has 134 valence electrons. The first-order chi connectivity index (χ1) is 11.7. The lowest BCUT2D eigenvalue weighted by Crippen LogP contribution is -2.16. The molecular weight excluding hydrogens is 413 g/mol. The van der Waals surface area contributed by atoms with Crippen molar-refractivity contribution < 1.29 is 28.8 Å². The molecule has 0 amide bonds. The fraction of sp³-hybridized carbons (Fsp3) is 0.250. The molecule has 0 aliphatic carbocycles. The molecule has 0 spiro atoms. The second-order valence-electron chi connectivity index (χ2n) is 5.35. The third-order valence-corrected chi connectivity index (χ3v) is 4.55. The molecule has 1 heterocycles. The molecule has 0 fully saturated rings. The van der Waals surface area contributed by atoms with E-state index in [0.29, 0.717) is 16.8 Å². The van der Waals surface area contributed by atoms with Crippen LogP contribution in [0, 0.1) is 6.92 Å². The van der Waals surface area contributed by atoms with Crippen molar-refractivity contribution in [1.29, 1.82) is 0 Å². The smallest absolute Gasteiger partial charge is 0.163 e. The number of nitrogens with zero attached hydrogens (tertiary/aromatic N) is 1. The predicted octanol–water partition coefficient (Wildman–Crippen LogP) is 2.02. The first-order valence-corrected chi connectivity index (χ1v) is 9.54.